The molecule has 5 nitrogen and oxygen atoms in total. The lowest BCUT2D eigenvalue weighted by Crippen LogP contribution is -2.49. The van der Waals surface area contributed by atoms with Crippen LogP contribution in [0.2, 0.25) is 0 Å². The van der Waals surface area contributed by atoms with E-state index >= 15 is 0 Å². The van der Waals surface area contributed by atoms with E-state index < -0.39 is 5.60 Å². The maximum absolute atomic E-state index is 12.1. The number of carbonyl (C=O) groups excluding carboxylic acids is 1. The second-order valence-corrected chi connectivity index (χ2v) is 8.56. The molecule has 23 heavy (non-hydrogen) atoms. The van der Waals surface area contributed by atoms with E-state index in [0.717, 1.165) is 51.9 Å². The predicted octanol–water partition coefficient (Wildman–Crippen LogP) is 3.18. The van der Waals surface area contributed by atoms with Gasteiger partial charge in [0.25, 0.3) is 0 Å². The van der Waals surface area contributed by atoms with Gasteiger partial charge in [-0.15, -0.1) is 0 Å². The summed E-state index contributed by atoms with van der Waals surface area (Å²) in [4.78, 5) is 14.0. The van der Waals surface area contributed by atoms with Gasteiger partial charge < -0.3 is 19.7 Å². The molecule has 0 aliphatic carbocycles. The quantitative estimate of drug-likeness (QED) is 0.865. The van der Waals surface area contributed by atoms with Gasteiger partial charge in [0.2, 0.25) is 0 Å². The zero-order valence-electron chi connectivity index (χ0n) is 15.5. The number of amides is 1. The van der Waals surface area contributed by atoms with Crippen molar-refractivity contribution in [3.63, 3.8) is 0 Å². The topological polar surface area (TPSA) is 50.8 Å². The molecule has 0 spiro atoms. The Morgan fingerprint density at radius 3 is 2.57 bits per heavy atom. The fourth-order valence-electron chi connectivity index (χ4n) is 3.31. The highest BCUT2D eigenvalue weighted by Crippen LogP contribution is 2.31. The summed E-state index contributed by atoms with van der Waals surface area (Å²) >= 11 is 0. The summed E-state index contributed by atoms with van der Waals surface area (Å²) in [5, 5.41) is 3.73. The van der Waals surface area contributed by atoms with Gasteiger partial charge in [-0.2, -0.15) is 0 Å². The molecule has 5 heteroatoms. The standard InChI is InChI=1S/C18H34N2O3/c1-14-12-15(6-11-22-14)19-13-18(5)7-9-20(10-8-18)16(21)23-17(2,3)4/h14-15,19H,6-13H2,1-5H3. The van der Waals surface area contributed by atoms with Crippen LogP contribution in [-0.4, -0.2) is 55.0 Å². The van der Waals surface area contributed by atoms with Crippen LogP contribution in [0.25, 0.3) is 0 Å². The van der Waals surface area contributed by atoms with Gasteiger partial charge >= 0.3 is 6.09 Å². The SMILES string of the molecule is CC1CC(NCC2(C)CCN(C(=O)OC(C)(C)C)CC2)CCO1. The summed E-state index contributed by atoms with van der Waals surface area (Å²) in [6.07, 6.45) is 4.44. The van der Waals surface area contributed by atoms with Gasteiger partial charge in [-0.05, 0) is 58.8 Å². The van der Waals surface area contributed by atoms with Crippen molar-refractivity contribution in [1.29, 1.82) is 0 Å². The van der Waals surface area contributed by atoms with Crippen LogP contribution < -0.4 is 5.32 Å². The fourth-order valence-corrected chi connectivity index (χ4v) is 3.31. The number of piperidine rings is 1. The van der Waals surface area contributed by atoms with E-state index in [4.69, 9.17) is 9.47 Å². The van der Waals surface area contributed by atoms with Crippen molar-refractivity contribution in [2.45, 2.75) is 78.0 Å². The number of nitrogens with zero attached hydrogens (tertiary/aromatic N) is 1. The predicted molar refractivity (Wildman–Crippen MR) is 91.6 cm³/mol. The number of carbonyl (C=O) groups is 1. The molecule has 2 atom stereocenters. The minimum atomic E-state index is -0.418. The van der Waals surface area contributed by atoms with E-state index in [2.05, 4.69) is 19.2 Å². The van der Waals surface area contributed by atoms with E-state index in [0.29, 0.717) is 12.1 Å². The Bertz CT molecular complexity index is 398. The Morgan fingerprint density at radius 1 is 1.35 bits per heavy atom. The second-order valence-electron chi connectivity index (χ2n) is 8.56. The highest BCUT2D eigenvalue weighted by atomic mass is 16.6. The molecule has 2 fully saturated rings. The summed E-state index contributed by atoms with van der Waals surface area (Å²) in [5.74, 6) is 0. The Morgan fingerprint density at radius 2 is 2.00 bits per heavy atom. The van der Waals surface area contributed by atoms with Crippen molar-refractivity contribution in [3.8, 4) is 0 Å². The highest BCUT2D eigenvalue weighted by molar-refractivity contribution is 5.68. The summed E-state index contributed by atoms with van der Waals surface area (Å²) in [6, 6.07) is 0.569. The third kappa shape index (κ3) is 5.96. The number of nitrogens with one attached hydrogen (secondary N) is 1. The van der Waals surface area contributed by atoms with Crippen LogP contribution in [0.4, 0.5) is 4.79 Å². The van der Waals surface area contributed by atoms with Gasteiger partial charge in [-0.1, -0.05) is 6.92 Å². The van der Waals surface area contributed by atoms with Crippen LogP contribution >= 0.6 is 0 Å². The summed E-state index contributed by atoms with van der Waals surface area (Å²) in [5.41, 5.74) is -0.154. The van der Waals surface area contributed by atoms with E-state index in [1.54, 1.807) is 0 Å². The lowest BCUT2D eigenvalue weighted by Gasteiger charge is -2.41. The Balaban J connectivity index is 1.75. The molecule has 2 unspecified atom stereocenters. The molecule has 2 rings (SSSR count). The minimum absolute atomic E-state index is 0.175. The van der Waals surface area contributed by atoms with Gasteiger partial charge in [0.15, 0.2) is 0 Å². The van der Waals surface area contributed by atoms with E-state index in [-0.39, 0.29) is 11.5 Å². The van der Waals surface area contributed by atoms with Crippen molar-refractivity contribution in [1.82, 2.24) is 10.2 Å². The second kappa shape index (κ2) is 7.39. The normalized spacial score (nSPS) is 28.5. The first kappa shape index (κ1) is 18.5. The lowest BCUT2D eigenvalue weighted by atomic mass is 9.80. The molecule has 2 saturated heterocycles. The average Bonchev–Trinajstić information content (AvgIpc) is 2.44. The number of rotatable bonds is 3. The molecule has 134 valence electrons. The first-order valence-corrected chi connectivity index (χ1v) is 9.00. The molecular formula is C18H34N2O3. The zero-order valence-corrected chi connectivity index (χ0v) is 15.5. The van der Waals surface area contributed by atoms with Crippen molar-refractivity contribution >= 4 is 6.09 Å². The van der Waals surface area contributed by atoms with Crippen LogP contribution in [0.3, 0.4) is 0 Å². The van der Waals surface area contributed by atoms with Crippen molar-refractivity contribution in [2.75, 3.05) is 26.2 Å². The van der Waals surface area contributed by atoms with Crippen LogP contribution in [0.1, 0.15) is 60.3 Å². The number of hydrogen-bond donors (Lipinski definition) is 1. The summed E-state index contributed by atoms with van der Waals surface area (Å²) in [6.45, 7) is 13.7. The zero-order chi connectivity index (χ0) is 17.1. The Hall–Kier alpha value is -0.810. The summed E-state index contributed by atoms with van der Waals surface area (Å²) < 4.78 is 11.1. The molecule has 0 aromatic carbocycles. The van der Waals surface area contributed by atoms with Crippen LogP contribution in [0, 0.1) is 5.41 Å². The maximum atomic E-state index is 12.1. The number of likely N-dealkylation sites (tertiary alicyclic amines) is 1. The highest BCUT2D eigenvalue weighted by Gasteiger charge is 2.34. The van der Waals surface area contributed by atoms with Crippen LogP contribution in [0.15, 0.2) is 0 Å². The third-order valence-electron chi connectivity index (χ3n) is 4.92. The van der Waals surface area contributed by atoms with Crippen molar-refractivity contribution in [3.05, 3.63) is 0 Å². The van der Waals surface area contributed by atoms with Crippen molar-refractivity contribution < 1.29 is 14.3 Å². The number of hydrogen-bond acceptors (Lipinski definition) is 4. The third-order valence-corrected chi connectivity index (χ3v) is 4.92. The Kier molecular flexibility index (Phi) is 5.95. The monoisotopic (exact) mass is 326 g/mol. The number of ether oxygens (including phenoxy) is 2. The molecule has 2 heterocycles. The van der Waals surface area contributed by atoms with E-state index in [9.17, 15) is 4.79 Å². The van der Waals surface area contributed by atoms with Gasteiger partial charge in [0.1, 0.15) is 5.60 Å². The van der Waals surface area contributed by atoms with Gasteiger partial charge in [0, 0.05) is 32.3 Å². The summed E-state index contributed by atoms with van der Waals surface area (Å²) in [7, 11) is 0. The molecular weight excluding hydrogens is 292 g/mol. The first-order valence-electron chi connectivity index (χ1n) is 9.00. The average molecular weight is 326 g/mol. The first-order chi connectivity index (χ1) is 10.7. The molecule has 0 radical (unpaired) electrons. The molecule has 0 aromatic rings. The Labute approximate surface area is 141 Å². The van der Waals surface area contributed by atoms with E-state index in [1.165, 1.54) is 0 Å². The van der Waals surface area contributed by atoms with Gasteiger partial charge in [-0.25, -0.2) is 4.79 Å². The van der Waals surface area contributed by atoms with Gasteiger partial charge in [-0.3, -0.25) is 0 Å². The van der Waals surface area contributed by atoms with Crippen molar-refractivity contribution in [2.24, 2.45) is 5.41 Å². The van der Waals surface area contributed by atoms with Crippen LogP contribution in [0.5, 0.6) is 0 Å². The molecule has 2 aliphatic heterocycles. The molecule has 1 N–H and O–H groups in total. The molecule has 2 aliphatic rings. The largest absolute Gasteiger partial charge is 0.444 e. The lowest BCUT2D eigenvalue weighted by molar-refractivity contribution is 0.00368. The van der Waals surface area contributed by atoms with Gasteiger partial charge in [0.05, 0.1) is 6.10 Å². The van der Waals surface area contributed by atoms with E-state index in [1.807, 2.05) is 25.7 Å². The molecule has 1 amide bonds. The molecule has 0 bridgehead atoms. The smallest absolute Gasteiger partial charge is 0.410 e. The maximum Gasteiger partial charge on any atom is 0.410 e. The van der Waals surface area contributed by atoms with Crippen LogP contribution in [-0.2, 0) is 9.47 Å². The molecule has 0 saturated carbocycles. The fraction of sp³-hybridized carbons (Fsp3) is 0.944. The minimum Gasteiger partial charge on any atom is -0.444 e. The molecule has 0 aromatic heterocycles.